The third-order valence-electron chi connectivity index (χ3n) is 13.7. The largest absolute Gasteiger partial charge is 0.744 e. The van der Waals surface area contributed by atoms with Crippen LogP contribution in [-0.4, -0.2) is 88.9 Å². The quantitative estimate of drug-likeness (QED) is 0.0310. The lowest BCUT2D eigenvalue weighted by molar-refractivity contribution is -0.479. The lowest BCUT2D eigenvalue weighted by atomic mass is 9.75. The fraction of sp³-hybridized carbons (Fsp3) is 0.113. The molecule has 0 aromatic heterocycles. The first-order chi connectivity index (χ1) is 37.2. The van der Waals surface area contributed by atoms with E-state index in [1.54, 1.807) is 27.7 Å². The molecule has 0 saturated heterocycles. The van der Waals surface area contributed by atoms with Crippen molar-refractivity contribution < 1.29 is 93.0 Å². The van der Waals surface area contributed by atoms with Crippen molar-refractivity contribution in [3.05, 3.63) is 186 Å². The van der Waals surface area contributed by atoms with Gasteiger partial charge in [-0.15, -0.1) is 0 Å². The van der Waals surface area contributed by atoms with Gasteiger partial charge >= 0.3 is 5.97 Å². The molecule has 0 saturated carbocycles. The minimum Gasteiger partial charge on any atom is -0.744 e. The highest BCUT2D eigenvalue weighted by molar-refractivity contribution is 7.87. The highest BCUT2D eigenvalue weighted by Gasteiger charge is 2.44. The summed E-state index contributed by atoms with van der Waals surface area (Å²) in [6.45, 7) is 10.9. The summed E-state index contributed by atoms with van der Waals surface area (Å²) in [7, 11) is -30.5. The van der Waals surface area contributed by atoms with E-state index in [0.29, 0.717) is 5.56 Å². The fourth-order valence-electron chi connectivity index (χ4n) is 9.74. The number of fused-ring (bicyclic) bond motifs is 4. The van der Waals surface area contributed by atoms with E-state index in [9.17, 15) is 87.7 Å². The number of quaternary nitrogens is 1. The van der Waals surface area contributed by atoms with Crippen LogP contribution in [0, 0.1) is 0 Å². The summed E-state index contributed by atoms with van der Waals surface area (Å²) in [5.74, 6) is -1.27. The fourth-order valence-corrected chi connectivity index (χ4v) is 13.2. The Balaban J connectivity index is 1.38. The standard InChI is InChI=1S/C53H46N2O20S6/c1-30(52(2,3)49-40-21-19-38(78(64,65)66)26-42(40)46(80(70,71)72)28-44(49)54-34-8-6-10-36(24-34)76(58,59)60)12-13-31(32-14-16-33(17-15-32)51(56)57)18-23-48-53(4,5)50-41-22-20-39(79(67,68)69)27-43(41)47(81(73,74)75)29-45(50)55(48)35-9-7-11-37(25-35)77(61,62)63/h6-29,54H,1H2,2-5H3,(H,56,57)(H,58,59,60)(H,61,62,63)(H,64,65,66)(H,67,68,69)(H,70,71,72)(H,73,74,75)/p-1/b13-12+,31-18-,48-23+. The number of nitrogens with zero attached hydrogens (tertiary/aromatic N) is 1. The van der Waals surface area contributed by atoms with Gasteiger partial charge in [0.25, 0.3) is 40.5 Å². The smallest absolute Gasteiger partial charge is 0.335 e. The van der Waals surface area contributed by atoms with Crippen LogP contribution in [0.3, 0.4) is 0 Å². The number of carboxylic acid groups (broad SMARTS) is 1. The minimum absolute atomic E-state index is 0.00655. The van der Waals surface area contributed by atoms with Gasteiger partial charge in [0.2, 0.25) is 0 Å². The van der Waals surface area contributed by atoms with Crippen molar-refractivity contribution in [2.45, 2.75) is 67.9 Å². The average molecular weight is 1220 g/mol. The molecule has 7 aromatic rings. The molecule has 1 aliphatic heterocycles. The van der Waals surface area contributed by atoms with Gasteiger partial charge < -0.3 is 19.1 Å². The van der Waals surface area contributed by atoms with Gasteiger partial charge in [-0.2, -0.15) is 33.7 Å². The van der Waals surface area contributed by atoms with Crippen LogP contribution in [0.25, 0.3) is 27.1 Å². The van der Waals surface area contributed by atoms with Crippen LogP contribution in [-0.2, 0) is 71.5 Å². The number of hydrogen-bond donors (Lipinski definition) is 6. The Labute approximate surface area is 465 Å². The van der Waals surface area contributed by atoms with Gasteiger partial charge in [0.1, 0.15) is 36.5 Å². The SMILES string of the molecule is C=C(/C=C/C(=C/C=C1/N(c2cccc(S(=O)(=O)O)c2)c2cc(S(=O)(=O)O)c3cc(S(=O)(=O)[O-])ccc3c2C1(C)C)c1ccc(C(=O)O)cc1)C(C)(C)c1c([NH2+]c2cccc(S(=O)(=O)O)c2)cc(S(=O)(=O)[O-])c2cc(S(=O)(=O)O)ccc12. The number of hydrogen-bond acceptors (Lipinski definition) is 16. The van der Waals surface area contributed by atoms with Crippen LogP contribution in [0.15, 0.2) is 193 Å². The van der Waals surface area contributed by atoms with Gasteiger partial charge in [-0.25, -0.2) is 21.6 Å². The number of rotatable bonds is 16. The van der Waals surface area contributed by atoms with Gasteiger partial charge in [0, 0.05) is 50.7 Å². The van der Waals surface area contributed by atoms with Crippen molar-refractivity contribution in [1.29, 1.82) is 0 Å². The molecule has 22 nitrogen and oxygen atoms in total. The maximum atomic E-state index is 13.1. The lowest BCUT2D eigenvalue weighted by Gasteiger charge is -2.30. The normalized spacial score (nSPS) is 15.2. The molecule has 0 aliphatic carbocycles. The van der Waals surface area contributed by atoms with Gasteiger partial charge in [-0.3, -0.25) is 23.5 Å². The molecule has 0 amide bonds. The Hall–Kier alpha value is -7.29. The lowest BCUT2D eigenvalue weighted by Crippen LogP contribution is -2.72. The third kappa shape index (κ3) is 11.9. The molecule has 81 heavy (non-hydrogen) atoms. The first-order valence-electron chi connectivity index (χ1n) is 23.2. The maximum Gasteiger partial charge on any atom is 0.335 e. The third-order valence-corrected chi connectivity index (χ3v) is 18.8. The van der Waals surface area contributed by atoms with E-state index in [4.69, 9.17) is 0 Å². The van der Waals surface area contributed by atoms with E-state index in [1.807, 2.05) is 0 Å². The topological polar surface area (TPSA) is 389 Å². The molecule has 0 bridgehead atoms. The zero-order chi connectivity index (χ0) is 60.0. The molecule has 0 spiro atoms. The number of allylic oxidation sites excluding steroid dienone is 7. The van der Waals surface area contributed by atoms with Crippen LogP contribution in [0.4, 0.5) is 22.7 Å². The summed E-state index contributed by atoms with van der Waals surface area (Å²) in [6, 6.07) is 22.9. The van der Waals surface area contributed by atoms with Crippen LogP contribution in [0.1, 0.15) is 54.7 Å². The predicted molar refractivity (Wildman–Crippen MR) is 293 cm³/mol. The van der Waals surface area contributed by atoms with Crippen molar-refractivity contribution in [3.63, 3.8) is 0 Å². The first-order valence-corrected chi connectivity index (χ1v) is 31.8. The van der Waals surface area contributed by atoms with E-state index >= 15 is 0 Å². The number of anilines is 2. The van der Waals surface area contributed by atoms with Crippen molar-refractivity contribution >= 4 is 117 Å². The van der Waals surface area contributed by atoms with Gasteiger partial charge in [-0.05, 0) is 112 Å². The summed E-state index contributed by atoms with van der Waals surface area (Å²) in [4.78, 5) is 8.94. The molecule has 0 atom stereocenters. The van der Waals surface area contributed by atoms with Gasteiger partial charge in [0.05, 0.1) is 35.7 Å². The number of benzene rings is 7. The highest BCUT2D eigenvalue weighted by atomic mass is 32.2. The molecule has 1 heterocycles. The molecule has 7 N–H and O–H groups in total. The van der Waals surface area contributed by atoms with Crippen LogP contribution < -0.4 is 10.2 Å². The zero-order valence-corrected chi connectivity index (χ0v) is 47.3. The van der Waals surface area contributed by atoms with Crippen LogP contribution in [0.2, 0.25) is 0 Å². The molecule has 1 aliphatic rings. The van der Waals surface area contributed by atoms with Crippen molar-refractivity contribution in [2.75, 3.05) is 4.90 Å². The second-order valence-electron chi connectivity index (χ2n) is 19.5. The van der Waals surface area contributed by atoms with Crippen molar-refractivity contribution in [3.8, 4) is 0 Å². The molecule has 28 heteroatoms. The minimum atomic E-state index is -5.46. The Morgan fingerprint density at radius 2 is 1.12 bits per heavy atom. The van der Waals surface area contributed by atoms with Gasteiger partial charge in [-0.1, -0.05) is 88.9 Å². The summed E-state index contributed by atoms with van der Waals surface area (Å²) in [5, 5.41) is 10.3. The molecule has 0 radical (unpaired) electrons. The maximum absolute atomic E-state index is 13.1. The molecule has 0 fully saturated rings. The van der Waals surface area contributed by atoms with Crippen LogP contribution >= 0.6 is 0 Å². The Bertz CT molecular complexity index is 4700. The zero-order valence-electron chi connectivity index (χ0n) is 42.4. The predicted octanol–water partition coefficient (Wildman–Crippen LogP) is 7.50. The van der Waals surface area contributed by atoms with E-state index in [1.165, 1.54) is 89.1 Å². The first kappa shape index (κ1) is 59.8. The Morgan fingerprint density at radius 1 is 0.593 bits per heavy atom. The number of nitrogens with two attached hydrogens (primary N) is 1. The van der Waals surface area contributed by atoms with E-state index in [2.05, 4.69) is 6.58 Å². The number of aromatic carboxylic acids is 1. The van der Waals surface area contributed by atoms with E-state index in [-0.39, 0.29) is 72.4 Å². The van der Waals surface area contributed by atoms with Crippen molar-refractivity contribution in [1.82, 2.24) is 0 Å². The van der Waals surface area contributed by atoms with Crippen molar-refractivity contribution in [2.24, 2.45) is 0 Å². The average Bonchev–Trinajstić information content (AvgIpc) is 3.88. The van der Waals surface area contributed by atoms with E-state index in [0.717, 1.165) is 66.7 Å². The monoisotopic (exact) mass is 1220 g/mol. The Kier molecular flexibility index (Phi) is 15.2. The molecule has 424 valence electrons. The molecule has 7 aromatic carbocycles. The highest BCUT2D eigenvalue weighted by Crippen LogP contribution is 2.55. The summed E-state index contributed by atoms with van der Waals surface area (Å²) in [6.07, 6.45) is 6.10. The number of carbonyl (C=O) groups is 1. The molecular formula is C53H45N2O20S6-. The Morgan fingerprint density at radius 3 is 1.69 bits per heavy atom. The second-order valence-corrected chi connectivity index (χ2v) is 27.9. The number of carboxylic acids is 1. The van der Waals surface area contributed by atoms with Gasteiger partial charge in [0.15, 0.2) is 0 Å². The molecular weight excluding hydrogens is 1180 g/mol. The second kappa shape index (κ2) is 20.6. The van der Waals surface area contributed by atoms with Crippen LogP contribution in [0.5, 0.6) is 0 Å². The molecule has 0 unspecified atom stereocenters. The van der Waals surface area contributed by atoms with E-state index < -0.39 is 112 Å². The summed E-state index contributed by atoms with van der Waals surface area (Å²) in [5.41, 5.74) is -1.32. The summed E-state index contributed by atoms with van der Waals surface area (Å²) >= 11 is 0. The molecule has 8 rings (SSSR count). The summed E-state index contributed by atoms with van der Waals surface area (Å²) < 4.78 is 217.